The lowest BCUT2D eigenvalue weighted by Crippen LogP contribution is -2.39. The van der Waals surface area contributed by atoms with Crippen LogP contribution in [0.5, 0.6) is 0 Å². The van der Waals surface area contributed by atoms with Crippen molar-refractivity contribution in [3.63, 3.8) is 0 Å². The lowest BCUT2D eigenvalue weighted by Gasteiger charge is -2.25. The van der Waals surface area contributed by atoms with Gasteiger partial charge >= 0.3 is 0 Å². The van der Waals surface area contributed by atoms with E-state index in [-0.39, 0.29) is 17.5 Å². The van der Waals surface area contributed by atoms with Crippen molar-refractivity contribution in [3.05, 3.63) is 29.8 Å². The third kappa shape index (κ3) is 2.96. The fourth-order valence-electron chi connectivity index (χ4n) is 2.52. The summed E-state index contributed by atoms with van der Waals surface area (Å²) >= 11 is 0. The van der Waals surface area contributed by atoms with Gasteiger partial charge in [-0.25, -0.2) is 8.42 Å². The molecular weight excluding hydrogens is 260 g/mol. The zero-order valence-corrected chi connectivity index (χ0v) is 11.9. The van der Waals surface area contributed by atoms with Gasteiger partial charge in [-0.3, -0.25) is 0 Å². The SMILES string of the molecule is Cc1ccc(S(=O)(=O)N(CC#N)C2CCCC2)cc1. The number of hydrogen-bond donors (Lipinski definition) is 0. The molecule has 0 radical (unpaired) electrons. The Morgan fingerprint density at radius 2 is 1.84 bits per heavy atom. The van der Waals surface area contributed by atoms with Crippen LogP contribution in [0, 0.1) is 18.3 Å². The lowest BCUT2D eigenvalue weighted by molar-refractivity contribution is 0.350. The molecule has 0 unspecified atom stereocenters. The number of benzene rings is 1. The van der Waals surface area contributed by atoms with Crippen molar-refractivity contribution >= 4 is 10.0 Å². The molecule has 0 atom stereocenters. The van der Waals surface area contributed by atoms with E-state index in [1.165, 1.54) is 4.31 Å². The Hall–Kier alpha value is -1.38. The molecule has 5 heteroatoms. The van der Waals surface area contributed by atoms with Gasteiger partial charge in [-0.05, 0) is 31.9 Å². The van der Waals surface area contributed by atoms with Gasteiger partial charge in [0.2, 0.25) is 10.0 Å². The van der Waals surface area contributed by atoms with E-state index < -0.39 is 10.0 Å². The maximum absolute atomic E-state index is 12.6. The third-order valence-corrected chi connectivity index (χ3v) is 5.50. The fraction of sp³-hybridized carbons (Fsp3) is 0.500. The van der Waals surface area contributed by atoms with Gasteiger partial charge in [-0.15, -0.1) is 0 Å². The number of sulfonamides is 1. The van der Waals surface area contributed by atoms with Gasteiger partial charge in [0.05, 0.1) is 11.0 Å². The molecule has 1 saturated carbocycles. The van der Waals surface area contributed by atoms with E-state index in [4.69, 9.17) is 5.26 Å². The van der Waals surface area contributed by atoms with Gasteiger partial charge in [0.15, 0.2) is 0 Å². The average molecular weight is 278 g/mol. The summed E-state index contributed by atoms with van der Waals surface area (Å²) in [6.07, 6.45) is 3.78. The van der Waals surface area contributed by atoms with E-state index in [1.807, 2.05) is 13.0 Å². The van der Waals surface area contributed by atoms with E-state index in [1.54, 1.807) is 24.3 Å². The molecule has 19 heavy (non-hydrogen) atoms. The van der Waals surface area contributed by atoms with Gasteiger partial charge in [0.1, 0.15) is 6.54 Å². The second kappa shape index (κ2) is 5.72. The first-order chi connectivity index (χ1) is 9.05. The molecule has 2 rings (SSSR count). The average Bonchev–Trinajstić information content (AvgIpc) is 2.89. The summed E-state index contributed by atoms with van der Waals surface area (Å²) in [6.45, 7) is 1.85. The molecule has 0 heterocycles. The lowest BCUT2D eigenvalue weighted by atomic mass is 10.2. The van der Waals surface area contributed by atoms with Crippen LogP contribution in [0.4, 0.5) is 0 Å². The maximum atomic E-state index is 12.6. The minimum atomic E-state index is -3.55. The summed E-state index contributed by atoms with van der Waals surface area (Å²) in [7, 11) is -3.55. The summed E-state index contributed by atoms with van der Waals surface area (Å²) in [4.78, 5) is 0.278. The minimum absolute atomic E-state index is 0.0223. The minimum Gasteiger partial charge on any atom is -0.207 e. The van der Waals surface area contributed by atoms with Crippen LogP contribution in [-0.4, -0.2) is 25.3 Å². The van der Waals surface area contributed by atoms with Gasteiger partial charge in [-0.1, -0.05) is 30.5 Å². The quantitative estimate of drug-likeness (QED) is 0.795. The highest BCUT2D eigenvalue weighted by molar-refractivity contribution is 7.89. The Bertz CT molecular complexity index is 566. The van der Waals surface area contributed by atoms with Crippen molar-refractivity contribution in [2.75, 3.05) is 6.54 Å². The van der Waals surface area contributed by atoms with Crippen molar-refractivity contribution in [2.24, 2.45) is 0 Å². The first kappa shape index (κ1) is 14.0. The van der Waals surface area contributed by atoms with Crippen molar-refractivity contribution in [1.29, 1.82) is 5.26 Å². The summed E-state index contributed by atoms with van der Waals surface area (Å²) in [5.74, 6) is 0. The predicted molar refractivity (Wildman–Crippen MR) is 72.9 cm³/mol. The standard InChI is InChI=1S/C14H18N2O2S/c1-12-6-8-14(9-7-12)19(17,18)16(11-10-15)13-4-2-3-5-13/h6-9,13H,2-5,11H2,1H3. The molecule has 1 aromatic carbocycles. The number of hydrogen-bond acceptors (Lipinski definition) is 3. The first-order valence-corrected chi connectivity index (χ1v) is 7.95. The number of nitrogens with zero attached hydrogens (tertiary/aromatic N) is 2. The third-order valence-electron chi connectivity index (χ3n) is 3.59. The monoisotopic (exact) mass is 278 g/mol. The van der Waals surface area contributed by atoms with Gasteiger partial charge < -0.3 is 0 Å². The van der Waals surface area contributed by atoms with Crippen LogP contribution in [0.15, 0.2) is 29.2 Å². The molecule has 0 saturated heterocycles. The van der Waals surface area contributed by atoms with Crippen LogP contribution in [0.3, 0.4) is 0 Å². The Morgan fingerprint density at radius 1 is 1.26 bits per heavy atom. The zero-order valence-electron chi connectivity index (χ0n) is 11.0. The van der Waals surface area contributed by atoms with Crippen molar-refractivity contribution in [1.82, 2.24) is 4.31 Å². The summed E-state index contributed by atoms with van der Waals surface area (Å²) in [6, 6.07) is 8.75. The fourth-order valence-corrected chi connectivity index (χ4v) is 4.10. The van der Waals surface area contributed by atoms with E-state index in [2.05, 4.69) is 0 Å². The Balaban J connectivity index is 2.33. The molecule has 4 nitrogen and oxygen atoms in total. The number of aryl methyl sites for hydroxylation is 1. The van der Waals surface area contributed by atoms with Crippen molar-refractivity contribution < 1.29 is 8.42 Å². The van der Waals surface area contributed by atoms with Gasteiger partial charge in [0.25, 0.3) is 0 Å². The second-order valence-corrected chi connectivity index (χ2v) is 6.85. The molecule has 0 bridgehead atoms. The Kier molecular flexibility index (Phi) is 4.23. The number of rotatable bonds is 4. The molecule has 0 spiro atoms. The van der Waals surface area contributed by atoms with E-state index >= 15 is 0 Å². The van der Waals surface area contributed by atoms with Crippen LogP contribution in [0.2, 0.25) is 0 Å². The second-order valence-electron chi connectivity index (χ2n) is 4.96. The van der Waals surface area contributed by atoms with Crippen molar-refractivity contribution in [2.45, 2.75) is 43.5 Å². The largest absolute Gasteiger partial charge is 0.244 e. The highest BCUT2D eigenvalue weighted by Crippen LogP contribution is 2.28. The van der Waals surface area contributed by atoms with Crippen LogP contribution < -0.4 is 0 Å². The highest BCUT2D eigenvalue weighted by Gasteiger charge is 2.32. The van der Waals surface area contributed by atoms with E-state index in [9.17, 15) is 8.42 Å². The molecule has 102 valence electrons. The molecule has 0 N–H and O–H groups in total. The molecule has 1 fully saturated rings. The molecule has 0 aromatic heterocycles. The van der Waals surface area contributed by atoms with Crippen molar-refractivity contribution in [3.8, 4) is 6.07 Å². The maximum Gasteiger partial charge on any atom is 0.244 e. The van der Waals surface area contributed by atoms with Crippen LogP contribution in [0.1, 0.15) is 31.2 Å². The normalized spacial score (nSPS) is 16.7. The number of nitriles is 1. The van der Waals surface area contributed by atoms with Crippen LogP contribution in [0.25, 0.3) is 0 Å². The summed E-state index contributed by atoms with van der Waals surface area (Å²) in [5.41, 5.74) is 1.02. The molecule has 1 aliphatic rings. The predicted octanol–water partition coefficient (Wildman–Crippen LogP) is 2.45. The molecule has 0 aliphatic heterocycles. The molecule has 0 amide bonds. The highest BCUT2D eigenvalue weighted by atomic mass is 32.2. The van der Waals surface area contributed by atoms with Gasteiger partial charge in [0, 0.05) is 6.04 Å². The summed E-state index contributed by atoms with van der Waals surface area (Å²) < 4.78 is 26.6. The Labute approximate surface area is 114 Å². The van der Waals surface area contributed by atoms with E-state index in [0.717, 1.165) is 31.2 Å². The van der Waals surface area contributed by atoms with Gasteiger partial charge in [-0.2, -0.15) is 9.57 Å². The smallest absolute Gasteiger partial charge is 0.207 e. The Morgan fingerprint density at radius 3 is 2.37 bits per heavy atom. The first-order valence-electron chi connectivity index (χ1n) is 6.51. The van der Waals surface area contributed by atoms with Crippen LogP contribution in [-0.2, 0) is 10.0 Å². The van der Waals surface area contributed by atoms with E-state index in [0.29, 0.717) is 0 Å². The zero-order chi connectivity index (χ0) is 13.9. The summed E-state index contributed by atoms with van der Waals surface area (Å²) in [5, 5.41) is 8.90. The van der Waals surface area contributed by atoms with Crippen LogP contribution >= 0.6 is 0 Å². The molecular formula is C14H18N2O2S. The molecule has 1 aliphatic carbocycles. The molecule has 1 aromatic rings. The topological polar surface area (TPSA) is 61.2 Å².